The second-order valence-corrected chi connectivity index (χ2v) is 23.3. The molecule has 0 saturated carbocycles. The van der Waals surface area contributed by atoms with E-state index < -0.39 is 16.1 Å². The molecule has 0 radical (unpaired) electrons. The molecule has 284 valence electrons. The quantitative estimate of drug-likeness (QED) is 0.122. The summed E-state index contributed by atoms with van der Waals surface area (Å²) in [4.78, 5) is 12.6. The number of rotatable bonds is 11. The maximum absolute atomic E-state index is 5.14. The SMILES string of the molecule is C[Si](c1ccccc1)(c1ccccc1)c1ccc(-c2cccc(N(c3ccccc3)c3cccc(-c4ccc([Si](C)(c5ccccc5)c5ccccc5)cn4)c3)c2)nc1. The summed E-state index contributed by atoms with van der Waals surface area (Å²) in [6.07, 6.45) is 4.21. The summed E-state index contributed by atoms with van der Waals surface area (Å²) in [5, 5.41) is 8.05. The Morgan fingerprint density at radius 3 is 0.949 bits per heavy atom. The Morgan fingerprint density at radius 1 is 0.305 bits per heavy atom. The number of anilines is 3. The molecule has 59 heavy (non-hydrogen) atoms. The van der Waals surface area contributed by atoms with Crippen LogP contribution in [0.1, 0.15) is 0 Å². The Balaban J connectivity index is 1.06. The lowest BCUT2D eigenvalue weighted by Crippen LogP contribution is -2.64. The van der Waals surface area contributed by atoms with Crippen LogP contribution in [0.2, 0.25) is 13.1 Å². The zero-order valence-electron chi connectivity index (χ0n) is 33.4. The van der Waals surface area contributed by atoms with Crippen molar-refractivity contribution >= 4 is 64.3 Å². The number of hydrogen-bond acceptors (Lipinski definition) is 3. The van der Waals surface area contributed by atoms with Gasteiger partial charge in [-0.3, -0.25) is 9.97 Å². The van der Waals surface area contributed by atoms with Gasteiger partial charge in [-0.1, -0.05) is 189 Å². The minimum absolute atomic E-state index is 0.945. The first kappa shape index (κ1) is 37.6. The van der Waals surface area contributed by atoms with Crippen LogP contribution in [0.5, 0.6) is 0 Å². The molecule has 0 saturated heterocycles. The van der Waals surface area contributed by atoms with Gasteiger partial charge in [0.1, 0.15) is 16.1 Å². The number of hydrogen-bond donors (Lipinski definition) is 0. The molecule has 0 unspecified atom stereocenters. The monoisotopic (exact) mass is 791 g/mol. The van der Waals surface area contributed by atoms with Gasteiger partial charge in [0.2, 0.25) is 0 Å². The standard InChI is InChI=1S/C54H45N3Si2/c1-58(47-26-10-4-11-27-47,48-28-12-5-13-29-48)51-34-36-53(55-40-51)42-20-18-24-45(38-42)57(44-22-8-3-9-23-44)46-25-19-21-43(39-46)54-37-35-52(41-56-54)59(2,49-30-14-6-15-31-49)50-32-16-7-17-33-50/h3-41H,1-2H3. The molecule has 0 amide bonds. The number of para-hydroxylation sites is 1. The van der Waals surface area contributed by atoms with Crippen molar-refractivity contribution in [1.29, 1.82) is 0 Å². The zero-order chi connectivity index (χ0) is 40.1. The molecule has 0 aliphatic heterocycles. The van der Waals surface area contributed by atoms with Crippen molar-refractivity contribution < 1.29 is 0 Å². The third kappa shape index (κ3) is 7.38. The van der Waals surface area contributed by atoms with E-state index in [9.17, 15) is 0 Å². The Bertz CT molecular complexity index is 2510. The van der Waals surface area contributed by atoms with E-state index in [0.29, 0.717) is 0 Å². The Kier molecular flexibility index (Phi) is 10.5. The van der Waals surface area contributed by atoms with Crippen molar-refractivity contribution in [3.63, 3.8) is 0 Å². The van der Waals surface area contributed by atoms with Crippen LogP contribution in [0.15, 0.2) is 237 Å². The van der Waals surface area contributed by atoms with Crippen LogP contribution >= 0.6 is 0 Å². The maximum Gasteiger partial charge on any atom is 0.147 e. The topological polar surface area (TPSA) is 29.0 Å². The minimum Gasteiger partial charge on any atom is -0.310 e. The van der Waals surface area contributed by atoms with E-state index in [-0.39, 0.29) is 0 Å². The van der Waals surface area contributed by atoms with Gasteiger partial charge in [-0.25, -0.2) is 0 Å². The van der Waals surface area contributed by atoms with Gasteiger partial charge >= 0.3 is 0 Å². The summed E-state index contributed by atoms with van der Waals surface area (Å²) in [6.45, 7) is 4.86. The van der Waals surface area contributed by atoms with E-state index in [4.69, 9.17) is 9.97 Å². The fourth-order valence-corrected chi connectivity index (χ4v) is 15.4. The van der Waals surface area contributed by atoms with Gasteiger partial charge in [0.15, 0.2) is 0 Å². The number of benzene rings is 7. The van der Waals surface area contributed by atoms with E-state index in [0.717, 1.165) is 39.6 Å². The predicted octanol–water partition coefficient (Wildman–Crippen LogP) is 9.48. The average molecular weight is 792 g/mol. The highest BCUT2D eigenvalue weighted by Crippen LogP contribution is 2.37. The first-order chi connectivity index (χ1) is 29.0. The van der Waals surface area contributed by atoms with E-state index in [1.165, 1.54) is 31.1 Å². The minimum atomic E-state index is -2.27. The van der Waals surface area contributed by atoms with Crippen molar-refractivity contribution in [2.24, 2.45) is 0 Å². The molecule has 0 fully saturated rings. The van der Waals surface area contributed by atoms with Crippen molar-refractivity contribution in [3.8, 4) is 22.5 Å². The average Bonchev–Trinajstić information content (AvgIpc) is 3.33. The second kappa shape index (κ2) is 16.5. The van der Waals surface area contributed by atoms with Crippen LogP contribution in [0.4, 0.5) is 17.1 Å². The van der Waals surface area contributed by atoms with Gasteiger partial charge in [0, 0.05) is 40.6 Å². The molecule has 0 atom stereocenters. The maximum atomic E-state index is 5.14. The van der Waals surface area contributed by atoms with E-state index >= 15 is 0 Å². The normalized spacial score (nSPS) is 11.6. The van der Waals surface area contributed by atoms with Crippen LogP contribution in [-0.2, 0) is 0 Å². The van der Waals surface area contributed by atoms with Gasteiger partial charge in [-0.05, 0) is 79.7 Å². The summed E-state index contributed by atoms with van der Waals surface area (Å²) in [5.74, 6) is 0. The molecular weight excluding hydrogens is 747 g/mol. The van der Waals surface area contributed by atoms with Crippen molar-refractivity contribution in [2.45, 2.75) is 13.1 Å². The highest BCUT2D eigenvalue weighted by molar-refractivity contribution is 7.11. The van der Waals surface area contributed by atoms with Crippen LogP contribution in [-0.4, -0.2) is 26.1 Å². The second-order valence-electron chi connectivity index (χ2n) is 15.3. The van der Waals surface area contributed by atoms with Gasteiger partial charge in [0.25, 0.3) is 0 Å². The summed E-state index contributed by atoms with van der Waals surface area (Å²) >= 11 is 0. The van der Waals surface area contributed by atoms with Crippen molar-refractivity contribution in [2.75, 3.05) is 4.90 Å². The van der Waals surface area contributed by atoms with Crippen LogP contribution in [0.25, 0.3) is 22.5 Å². The molecular formula is C54H45N3Si2. The highest BCUT2D eigenvalue weighted by atomic mass is 28.3. The Labute approximate surface area is 350 Å². The lowest BCUT2D eigenvalue weighted by Gasteiger charge is -2.29. The molecule has 0 bridgehead atoms. The first-order valence-electron chi connectivity index (χ1n) is 20.2. The molecule has 2 aromatic heterocycles. The van der Waals surface area contributed by atoms with Crippen LogP contribution in [0.3, 0.4) is 0 Å². The van der Waals surface area contributed by atoms with Gasteiger partial charge in [0.05, 0.1) is 11.4 Å². The molecule has 9 rings (SSSR count). The van der Waals surface area contributed by atoms with Crippen molar-refractivity contribution in [1.82, 2.24) is 9.97 Å². The molecule has 9 aromatic rings. The van der Waals surface area contributed by atoms with E-state index in [1.807, 2.05) is 0 Å². The zero-order valence-corrected chi connectivity index (χ0v) is 35.4. The third-order valence-electron chi connectivity index (χ3n) is 11.9. The largest absolute Gasteiger partial charge is 0.310 e. The van der Waals surface area contributed by atoms with Gasteiger partial charge in [-0.2, -0.15) is 0 Å². The van der Waals surface area contributed by atoms with Crippen molar-refractivity contribution in [3.05, 3.63) is 237 Å². The molecule has 3 nitrogen and oxygen atoms in total. The fraction of sp³-hybridized carbons (Fsp3) is 0.0370. The summed E-state index contributed by atoms with van der Waals surface area (Å²) in [5.41, 5.74) is 7.21. The number of nitrogens with zero attached hydrogens (tertiary/aromatic N) is 3. The fourth-order valence-electron chi connectivity index (χ4n) is 8.44. The first-order valence-corrected chi connectivity index (χ1v) is 25.2. The molecule has 0 aliphatic carbocycles. The summed E-state index contributed by atoms with van der Waals surface area (Å²) in [6, 6.07) is 80.7. The lowest BCUT2D eigenvalue weighted by molar-refractivity contribution is 1.27. The molecule has 0 N–H and O–H groups in total. The third-order valence-corrected chi connectivity index (χ3v) is 20.8. The van der Waals surface area contributed by atoms with Gasteiger partial charge in [-0.15, -0.1) is 0 Å². The summed E-state index contributed by atoms with van der Waals surface area (Å²) < 4.78 is 0. The number of pyridine rings is 2. The molecule has 0 spiro atoms. The predicted molar refractivity (Wildman–Crippen MR) is 254 cm³/mol. The van der Waals surface area contributed by atoms with E-state index in [2.05, 4.69) is 255 Å². The molecule has 7 aromatic carbocycles. The van der Waals surface area contributed by atoms with Crippen LogP contribution < -0.4 is 36.0 Å². The smallest absolute Gasteiger partial charge is 0.147 e. The molecule has 5 heteroatoms. The lowest BCUT2D eigenvalue weighted by atomic mass is 10.1. The molecule has 2 heterocycles. The van der Waals surface area contributed by atoms with E-state index in [1.54, 1.807) is 0 Å². The highest BCUT2D eigenvalue weighted by Gasteiger charge is 2.35. The molecule has 0 aliphatic rings. The van der Waals surface area contributed by atoms with Crippen LogP contribution in [0, 0.1) is 0 Å². The Morgan fingerprint density at radius 2 is 0.627 bits per heavy atom. The Hall–Kier alpha value is -6.93. The number of aromatic nitrogens is 2. The summed E-state index contributed by atoms with van der Waals surface area (Å²) in [7, 11) is -4.54. The van der Waals surface area contributed by atoms with Gasteiger partial charge < -0.3 is 4.90 Å².